The van der Waals surface area contributed by atoms with Crippen molar-refractivity contribution < 1.29 is 0 Å². The zero-order valence-corrected chi connectivity index (χ0v) is 14.4. The standard InChI is InChI=1S/C13H16BrClN2.2ClH/c1-2-13(17-7-5-16-6-8-17)10-3-4-12(15)11(14)9-10;;/h2-4,9,13,16H,1,5-8H2;2*1H/t13-;;/m0../s1. The van der Waals surface area contributed by atoms with E-state index in [1.807, 2.05) is 12.1 Å². The smallest absolute Gasteiger partial charge is 0.0548 e. The number of piperazine rings is 1. The lowest BCUT2D eigenvalue weighted by Gasteiger charge is -2.33. The molecule has 0 unspecified atom stereocenters. The first kappa shape index (κ1) is 19.2. The zero-order valence-electron chi connectivity index (χ0n) is 10.4. The maximum absolute atomic E-state index is 6.02. The van der Waals surface area contributed by atoms with E-state index >= 15 is 0 Å². The molecule has 108 valence electrons. The summed E-state index contributed by atoms with van der Waals surface area (Å²) in [5.74, 6) is 0. The average molecular weight is 389 g/mol. The summed E-state index contributed by atoms with van der Waals surface area (Å²) >= 11 is 9.49. The van der Waals surface area contributed by atoms with Crippen LogP contribution in [0.25, 0.3) is 0 Å². The van der Waals surface area contributed by atoms with Crippen LogP contribution in [0.1, 0.15) is 11.6 Å². The normalized spacial score (nSPS) is 16.9. The summed E-state index contributed by atoms with van der Waals surface area (Å²) in [6.07, 6.45) is 2.00. The van der Waals surface area contributed by atoms with E-state index in [0.29, 0.717) is 0 Å². The molecule has 0 aromatic heterocycles. The van der Waals surface area contributed by atoms with Gasteiger partial charge in [-0.3, -0.25) is 4.90 Å². The van der Waals surface area contributed by atoms with Crippen LogP contribution in [0.15, 0.2) is 35.3 Å². The van der Waals surface area contributed by atoms with Crippen LogP contribution in [0.5, 0.6) is 0 Å². The lowest BCUT2D eigenvalue weighted by molar-refractivity contribution is 0.203. The first-order chi connectivity index (χ1) is 8.22. The van der Waals surface area contributed by atoms with E-state index in [1.54, 1.807) is 0 Å². The average Bonchev–Trinajstić information content (AvgIpc) is 2.36. The summed E-state index contributed by atoms with van der Waals surface area (Å²) in [6.45, 7) is 8.14. The highest BCUT2D eigenvalue weighted by molar-refractivity contribution is 9.10. The van der Waals surface area contributed by atoms with E-state index in [4.69, 9.17) is 11.6 Å². The van der Waals surface area contributed by atoms with Gasteiger partial charge in [0, 0.05) is 30.7 Å². The molecule has 0 amide bonds. The largest absolute Gasteiger partial charge is 0.314 e. The monoisotopic (exact) mass is 386 g/mol. The van der Waals surface area contributed by atoms with Gasteiger partial charge in [0.1, 0.15) is 0 Å². The lowest BCUT2D eigenvalue weighted by atomic mass is 10.0. The Morgan fingerprint density at radius 2 is 1.95 bits per heavy atom. The second-order valence-corrected chi connectivity index (χ2v) is 5.40. The Morgan fingerprint density at radius 3 is 2.47 bits per heavy atom. The summed E-state index contributed by atoms with van der Waals surface area (Å²) in [5, 5.41) is 4.11. The van der Waals surface area contributed by atoms with E-state index in [9.17, 15) is 0 Å². The van der Waals surface area contributed by atoms with Gasteiger partial charge < -0.3 is 5.32 Å². The van der Waals surface area contributed by atoms with E-state index in [1.165, 1.54) is 5.56 Å². The molecule has 1 aromatic carbocycles. The molecule has 1 heterocycles. The third kappa shape index (κ3) is 4.92. The molecule has 1 atom stereocenters. The predicted octanol–water partition coefficient (Wildman–Crippen LogP) is 4.08. The molecular weight excluding hydrogens is 370 g/mol. The molecule has 0 bridgehead atoms. The van der Waals surface area contributed by atoms with Gasteiger partial charge in [-0.2, -0.15) is 0 Å². The Labute approximate surface area is 140 Å². The Hall–Kier alpha value is 0.230. The van der Waals surface area contributed by atoms with Crippen LogP contribution in [0.4, 0.5) is 0 Å². The highest BCUT2D eigenvalue weighted by Gasteiger charge is 2.19. The molecule has 1 aliphatic rings. The van der Waals surface area contributed by atoms with Crippen LogP contribution in [-0.2, 0) is 0 Å². The van der Waals surface area contributed by atoms with E-state index < -0.39 is 0 Å². The van der Waals surface area contributed by atoms with Gasteiger partial charge in [0.05, 0.1) is 11.1 Å². The molecule has 0 radical (unpaired) electrons. The van der Waals surface area contributed by atoms with Crippen LogP contribution in [-0.4, -0.2) is 31.1 Å². The molecule has 2 nitrogen and oxygen atoms in total. The fourth-order valence-corrected chi connectivity index (χ4v) is 2.67. The molecular formula is C13H18BrCl3N2. The van der Waals surface area contributed by atoms with Gasteiger partial charge in [-0.15, -0.1) is 31.4 Å². The maximum atomic E-state index is 6.02. The Kier molecular flexibility index (Phi) is 9.33. The number of benzene rings is 1. The number of rotatable bonds is 3. The minimum absolute atomic E-state index is 0. The zero-order chi connectivity index (χ0) is 12.3. The molecule has 6 heteroatoms. The minimum atomic E-state index is 0. The molecule has 2 rings (SSSR count). The third-order valence-corrected chi connectivity index (χ3v) is 4.27. The van der Waals surface area contributed by atoms with Crippen molar-refractivity contribution in [3.63, 3.8) is 0 Å². The topological polar surface area (TPSA) is 15.3 Å². The lowest BCUT2D eigenvalue weighted by Crippen LogP contribution is -2.44. The molecule has 1 N–H and O–H groups in total. The molecule has 1 aromatic rings. The van der Waals surface area contributed by atoms with Crippen molar-refractivity contribution in [2.75, 3.05) is 26.2 Å². The molecule has 0 spiro atoms. The summed E-state index contributed by atoms with van der Waals surface area (Å²) < 4.78 is 0.943. The van der Waals surface area contributed by atoms with Crippen LogP contribution in [0.3, 0.4) is 0 Å². The minimum Gasteiger partial charge on any atom is -0.314 e. The number of halogens is 4. The number of nitrogens with one attached hydrogen (secondary N) is 1. The number of hydrogen-bond donors (Lipinski definition) is 1. The van der Waals surface area contributed by atoms with Gasteiger partial charge in [0.25, 0.3) is 0 Å². The van der Waals surface area contributed by atoms with Crippen molar-refractivity contribution >= 4 is 52.3 Å². The molecule has 1 saturated heterocycles. The van der Waals surface area contributed by atoms with Crippen molar-refractivity contribution in [1.29, 1.82) is 0 Å². The van der Waals surface area contributed by atoms with Crippen molar-refractivity contribution in [3.8, 4) is 0 Å². The number of hydrogen-bond acceptors (Lipinski definition) is 2. The van der Waals surface area contributed by atoms with Gasteiger partial charge in [0.2, 0.25) is 0 Å². The molecule has 0 aliphatic carbocycles. The molecule has 1 fully saturated rings. The van der Waals surface area contributed by atoms with E-state index in [2.05, 4.69) is 44.9 Å². The highest BCUT2D eigenvalue weighted by atomic mass is 79.9. The first-order valence-electron chi connectivity index (χ1n) is 5.74. The second-order valence-electron chi connectivity index (χ2n) is 4.14. The van der Waals surface area contributed by atoms with Crippen LogP contribution >= 0.6 is 52.3 Å². The van der Waals surface area contributed by atoms with Crippen molar-refractivity contribution in [1.82, 2.24) is 10.2 Å². The van der Waals surface area contributed by atoms with Crippen molar-refractivity contribution in [2.24, 2.45) is 0 Å². The van der Waals surface area contributed by atoms with Gasteiger partial charge in [0.15, 0.2) is 0 Å². The van der Waals surface area contributed by atoms with Crippen LogP contribution < -0.4 is 5.32 Å². The summed E-state index contributed by atoms with van der Waals surface area (Å²) in [6, 6.07) is 6.35. The van der Waals surface area contributed by atoms with Gasteiger partial charge >= 0.3 is 0 Å². The molecule has 0 saturated carbocycles. The van der Waals surface area contributed by atoms with E-state index in [0.717, 1.165) is 35.7 Å². The second kappa shape index (κ2) is 9.22. The van der Waals surface area contributed by atoms with Gasteiger partial charge in [-0.05, 0) is 33.6 Å². The van der Waals surface area contributed by atoms with Crippen molar-refractivity contribution in [3.05, 3.63) is 45.9 Å². The summed E-state index contributed by atoms with van der Waals surface area (Å²) in [7, 11) is 0. The Balaban J connectivity index is 0.00000162. The fraction of sp³-hybridized carbons (Fsp3) is 0.385. The third-order valence-electron chi connectivity index (χ3n) is 3.05. The summed E-state index contributed by atoms with van der Waals surface area (Å²) in [4.78, 5) is 2.43. The fourth-order valence-electron chi connectivity index (χ4n) is 2.15. The summed E-state index contributed by atoms with van der Waals surface area (Å²) in [5.41, 5.74) is 1.23. The number of nitrogens with zero attached hydrogens (tertiary/aromatic N) is 1. The van der Waals surface area contributed by atoms with Gasteiger partial charge in [-0.1, -0.05) is 23.7 Å². The quantitative estimate of drug-likeness (QED) is 0.785. The maximum Gasteiger partial charge on any atom is 0.0548 e. The van der Waals surface area contributed by atoms with Crippen LogP contribution in [0.2, 0.25) is 5.02 Å². The van der Waals surface area contributed by atoms with Crippen molar-refractivity contribution in [2.45, 2.75) is 6.04 Å². The predicted molar refractivity (Wildman–Crippen MR) is 91.0 cm³/mol. The van der Waals surface area contributed by atoms with Crippen LogP contribution in [0, 0.1) is 0 Å². The Bertz CT molecular complexity index is 409. The molecule has 1 aliphatic heterocycles. The van der Waals surface area contributed by atoms with Gasteiger partial charge in [-0.25, -0.2) is 0 Å². The molecule has 19 heavy (non-hydrogen) atoms. The highest BCUT2D eigenvalue weighted by Crippen LogP contribution is 2.29. The van der Waals surface area contributed by atoms with E-state index in [-0.39, 0.29) is 30.9 Å². The first-order valence-corrected chi connectivity index (χ1v) is 6.91. The Morgan fingerprint density at radius 1 is 1.32 bits per heavy atom. The SMILES string of the molecule is C=C[C@@H](c1ccc(Cl)c(Br)c1)N1CCNCC1.Cl.Cl.